The van der Waals surface area contributed by atoms with E-state index >= 15 is 0 Å². The number of fused-ring (bicyclic) bond motifs is 3. The Morgan fingerprint density at radius 2 is 2.13 bits per heavy atom. The summed E-state index contributed by atoms with van der Waals surface area (Å²) in [5, 5.41) is 0. The van der Waals surface area contributed by atoms with Gasteiger partial charge in [-0.15, -0.1) is 0 Å². The van der Waals surface area contributed by atoms with E-state index in [1.165, 1.54) is 5.56 Å². The minimum absolute atomic E-state index is 0.00615. The van der Waals surface area contributed by atoms with Crippen molar-refractivity contribution >= 4 is 5.91 Å². The number of hydrogen-bond acceptors (Lipinski definition) is 2. The van der Waals surface area contributed by atoms with Crippen LogP contribution in [0.2, 0.25) is 0 Å². The number of amides is 1. The van der Waals surface area contributed by atoms with Crippen LogP contribution in [0.5, 0.6) is 5.75 Å². The maximum atomic E-state index is 11.1. The molecule has 3 unspecified atom stereocenters. The van der Waals surface area contributed by atoms with Gasteiger partial charge >= 0.3 is 0 Å². The fraction of sp³-hybridized carbons (Fsp3) is 0.417. The Bertz CT molecular complexity index is 416. The Kier molecular flexibility index (Phi) is 1.75. The van der Waals surface area contributed by atoms with Crippen molar-refractivity contribution in [3.8, 4) is 5.75 Å². The molecule has 3 nitrogen and oxygen atoms in total. The Morgan fingerprint density at radius 3 is 2.93 bits per heavy atom. The van der Waals surface area contributed by atoms with Gasteiger partial charge in [-0.05, 0) is 18.9 Å². The van der Waals surface area contributed by atoms with Crippen LogP contribution in [0.15, 0.2) is 24.3 Å². The second-order valence-electron chi connectivity index (χ2n) is 4.37. The van der Waals surface area contributed by atoms with Gasteiger partial charge in [0.1, 0.15) is 11.9 Å². The summed E-state index contributed by atoms with van der Waals surface area (Å²) >= 11 is 0. The van der Waals surface area contributed by atoms with E-state index in [2.05, 4.69) is 6.07 Å². The van der Waals surface area contributed by atoms with Gasteiger partial charge in [0, 0.05) is 17.4 Å². The van der Waals surface area contributed by atoms with Crippen LogP contribution in [-0.4, -0.2) is 12.0 Å². The molecule has 3 heteroatoms. The second kappa shape index (κ2) is 2.99. The third-order valence-electron chi connectivity index (χ3n) is 3.50. The lowest BCUT2D eigenvalue weighted by atomic mass is 9.96. The first-order valence-corrected chi connectivity index (χ1v) is 5.30. The Hall–Kier alpha value is -1.51. The summed E-state index contributed by atoms with van der Waals surface area (Å²) in [4.78, 5) is 11.1. The number of hydrogen-bond donors (Lipinski definition) is 1. The highest BCUT2D eigenvalue weighted by molar-refractivity contribution is 5.77. The average Bonchev–Trinajstić information content (AvgIpc) is 2.73. The molecule has 1 saturated carbocycles. The predicted molar refractivity (Wildman–Crippen MR) is 55.5 cm³/mol. The summed E-state index contributed by atoms with van der Waals surface area (Å²) in [6.07, 6.45) is 1.78. The van der Waals surface area contributed by atoms with E-state index in [4.69, 9.17) is 10.5 Å². The summed E-state index contributed by atoms with van der Waals surface area (Å²) in [5.74, 6) is 1.16. The van der Waals surface area contributed by atoms with E-state index in [9.17, 15) is 4.79 Å². The fourth-order valence-electron chi connectivity index (χ4n) is 2.75. The quantitative estimate of drug-likeness (QED) is 0.750. The van der Waals surface area contributed by atoms with Crippen molar-refractivity contribution in [1.29, 1.82) is 0 Å². The number of para-hydroxylation sites is 1. The normalized spacial score (nSPS) is 31.9. The summed E-state index contributed by atoms with van der Waals surface area (Å²) in [5.41, 5.74) is 6.57. The SMILES string of the molecule is NC(=O)C1CC2Oc3ccccc3C2C1. The number of carbonyl (C=O) groups is 1. The number of nitrogens with two attached hydrogens (primary N) is 1. The zero-order valence-corrected chi connectivity index (χ0v) is 8.35. The molecule has 1 heterocycles. The van der Waals surface area contributed by atoms with Gasteiger partial charge < -0.3 is 10.5 Å². The standard InChI is InChI=1S/C12H13NO2/c13-12(14)7-5-9-8-3-1-2-4-10(8)15-11(9)6-7/h1-4,7,9,11H,5-6H2,(H2,13,14). The molecule has 78 valence electrons. The number of carbonyl (C=O) groups excluding carboxylic acids is 1. The molecule has 0 radical (unpaired) electrons. The van der Waals surface area contributed by atoms with Crippen molar-refractivity contribution < 1.29 is 9.53 Å². The smallest absolute Gasteiger partial charge is 0.220 e. The zero-order valence-electron chi connectivity index (χ0n) is 8.35. The lowest BCUT2D eigenvalue weighted by Gasteiger charge is -2.08. The average molecular weight is 203 g/mol. The fourth-order valence-corrected chi connectivity index (χ4v) is 2.75. The number of rotatable bonds is 1. The molecule has 1 fully saturated rings. The van der Waals surface area contributed by atoms with Crippen LogP contribution in [0.1, 0.15) is 24.3 Å². The van der Waals surface area contributed by atoms with Crippen molar-refractivity contribution in [3.63, 3.8) is 0 Å². The first-order valence-electron chi connectivity index (χ1n) is 5.30. The Labute approximate surface area is 88.2 Å². The van der Waals surface area contributed by atoms with Crippen LogP contribution >= 0.6 is 0 Å². The van der Waals surface area contributed by atoms with Crippen LogP contribution in [-0.2, 0) is 4.79 Å². The van der Waals surface area contributed by atoms with E-state index in [0.29, 0.717) is 5.92 Å². The number of ether oxygens (including phenoxy) is 1. The van der Waals surface area contributed by atoms with Gasteiger partial charge in [0.05, 0.1) is 0 Å². The van der Waals surface area contributed by atoms with E-state index in [1.54, 1.807) is 0 Å². The summed E-state index contributed by atoms with van der Waals surface area (Å²) in [7, 11) is 0. The molecular weight excluding hydrogens is 190 g/mol. The number of primary amides is 1. The van der Waals surface area contributed by atoms with Crippen molar-refractivity contribution in [2.75, 3.05) is 0 Å². The van der Waals surface area contributed by atoms with Crippen LogP contribution in [0.3, 0.4) is 0 Å². The van der Waals surface area contributed by atoms with Crippen molar-refractivity contribution in [2.45, 2.75) is 24.9 Å². The molecule has 1 amide bonds. The molecular formula is C12H13NO2. The first-order chi connectivity index (χ1) is 7.25. The number of benzene rings is 1. The minimum Gasteiger partial charge on any atom is -0.489 e. The van der Waals surface area contributed by atoms with Crippen molar-refractivity contribution in [3.05, 3.63) is 29.8 Å². The first kappa shape index (κ1) is 8.77. The van der Waals surface area contributed by atoms with Gasteiger partial charge in [-0.25, -0.2) is 0 Å². The van der Waals surface area contributed by atoms with Crippen LogP contribution in [0.4, 0.5) is 0 Å². The Morgan fingerprint density at radius 1 is 1.33 bits per heavy atom. The molecule has 2 aliphatic rings. The van der Waals surface area contributed by atoms with Crippen LogP contribution < -0.4 is 10.5 Å². The van der Waals surface area contributed by atoms with Crippen LogP contribution in [0, 0.1) is 5.92 Å². The molecule has 15 heavy (non-hydrogen) atoms. The van der Waals surface area contributed by atoms with Gasteiger partial charge in [0.15, 0.2) is 0 Å². The molecule has 0 bridgehead atoms. The molecule has 1 aromatic rings. The third kappa shape index (κ3) is 1.23. The maximum Gasteiger partial charge on any atom is 0.220 e. The molecule has 0 aromatic heterocycles. The lowest BCUT2D eigenvalue weighted by molar-refractivity contribution is -0.121. The molecule has 1 aromatic carbocycles. The van der Waals surface area contributed by atoms with Crippen molar-refractivity contribution in [2.24, 2.45) is 11.7 Å². The minimum atomic E-state index is -0.189. The monoisotopic (exact) mass is 203 g/mol. The van der Waals surface area contributed by atoms with E-state index in [-0.39, 0.29) is 17.9 Å². The van der Waals surface area contributed by atoms with Gasteiger partial charge in [-0.2, -0.15) is 0 Å². The van der Waals surface area contributed by atoms with Gasteiger partial charge in [0.2, 0.25) is 5.91 Å². The van der Waals surface area contributed by atoms with Gasteiger partial charge in [-0.1, -0.05) is 18.2 Å². The Balaban J connectivity index is 1.91. The highest BCUT2D eigenvalue weighted by atomic mass is 16.5. The second-order valence-corrected chi connectivity index (χ2v) is 4.37. The van der Waals surface area contributed by atoms with E-state index < -0.39 is 0 Å². The molecule has 3 atom stereocenters. The summed E-state index contributed by atoms with van der Waals surface area (Å²) in [6.45, 7) is 0. The molecule has 2 N–H and O–H groups in total. The third-order valence-corrected chi connectivity index (χ3v) is 3.50. The summed E-state index contributed by atoms with van der Waals surface area (Å²) < 4.78 is 5.80. The molecule has 0 saturated heterocycles. The van der Waals surface area contributed by atoms with Gasteiger partial charge in [-0.3, -0.25) is 4.79 Å². The van der Waals surface area contributed by atoms with Crippen LogP contribution in [0.25, 0.3) is 0 Å². The highest BCUT2D eigenvalue weighted by Crippen LogP contribution is 2.48. The maximum absolute atomic E-state index is 11.1. The summed E-state index contributed by atoms with van der Waals surface area (Å²) in [6, 6.07) is 8.07. The predicted octanol–water partition coefficient (Wildman–Crippen LogP) is 1.43. The van der Waals surface area contributed by atoms with Gasteiger partial charge in [0.25, 0.3) is 0 Å². The lowest BCUT2D eigenvalue weighted by Crippen LogP contribution is -2.22. The molecule has 3 rings (SSSR count). The van der Waals surface area contributed by atoms with E-state index in [0.717, 1.165) is 18.6 Å². The largest absolute Gasteiger partial charge is 0.489 e. The van der Waals surface area contributed by atoms with Crippen molar-refractivity contribution in [1.82, 2.24) is 0 Å². The topological polar surface area (TPSA) is 52.3 Å². The zero-order chi connectivity index (χ0) is 10.4. The van der Waals surface area contributed by atoms with E-state index in [1.807, 2.05) is 18.2 Å². The molecule has 0 spiro atoms. The highest BCUT2D eigenvalue weighted by Gasteiger charge is 2.44. The molecule has 1 aliphatic carbocycles. The molecule has 1 aliphatic heterocycles.